The number of fused-ring (bicyclic) bond motifs is 1. The number of hydrogen-bond donors (Lipinski definition) is 0. The van der Waals surface area contributed by atoms with Crippen molar-refractivity contribution >= 4 is 28.6 Å². The van der Waals surface area contributed by atoms with Crippen LogP contribution in [-0.2, 0) is 11.8 Å². The molecule has 1 saturated heterocycles. The molecule has 1 fully saturated rings. The van der Waals surface area contributed by atoms with Crippen LogP contribution in [0.3, 0.4) is 0 Å². The molecule has 0 aliphatic carbocycles. The Morgan fingerprint density at radius 3 is 2.81 bits per heavy atom. The minimum atomic E-state index is -0.436. The average Bonchev–Trinajstić information content (AvgIpc) is 3.19. The molecule has 31 heavy (non-hydrogen) atoms. The molecule has 5 rings (SSSR count). The standard InChI is InChI=1S/C22H20ClFN6O/c1-13-3-5-17-20(16-6-4-15(23)9-18(16)24)27-22(28-21(17)26-13)30-7-8-31-19(12-30)14-10-25-29(2)11-14/h3-6,9-11,19H,7-8,12H2,1-2H3. The van der Waals surface area contributed by atoms with Gasteiger partial charge in [0.15, 0.2) is 5.65 Å². The van der Waals surface area contributed by atoms with Gasteiger partial charge in [-0.1, -0.05) is 11.6 Å². The molecule has 0 radical (unpaired) electrons. The Morgan fingerprint density at radius 2 is 2.03 bits per heavy atom. The second kappa shape index (κ2) is 7.86. The Morgan fingerprint density at radius 1 is 1.16 bits per heavy atom. The maximum absolute atomic E-state index is 14.8. The fourth-order valence-corrected chi connectivity index (χ4v) is 3.92. The Balaban J connectivity index is 1.60. The number of hydrogen-bond acceptors (Lipinski definition) is 6. The number of aryl methyl sites for hydroxylation is 2. The van der Waals surface area contributed by atoms with Crippen LogP contribution >= 0.6 is 11.6 Å². The van der Waals surface area contributed by atoms with E-state index in [9.17, 15) is 4.39 Å². The third kappa shape index (κ3) is 3.84. The summed E-state index contributed by atoms with van der Waals surface area (Å²) in [7, 11) is 1.87. The van der Waals surface area contributed by atoms with E-state index in [1.54, 1.807) is 23.0 Å². The van der Waals surface area contributed by atoms with Gasteiger partial charge >= 0.3 is 0 Å². The molecule has 0 N–H and O–H groups in total. The number of rotatable bonds is 3. The summed E-state index contributed by atoms with van der Waals surface area (Å²) >= 11 is 5.96. The smallest absolute Gasteiger partial charge is 0.228 e. The predicted molar refractivity (Wildman–Crippen MR) is 117 cm³/mol. The highest BCUT2D eigenvalue weighted by Gasteiger charge is 2.26. The zero-order valence-corrected chi connectivity index (χ0v) is 17.8. The zero-order chi connectivity index (χ0) is 21.5. The summed E-state index contributed by atoms with van der Waals surface area (Å²) in [6.45, 7) is 3.60. The number of anilines is 1. The van der Waals surface area contributed by atoms with Crippen LogP contribution in [0.15, 0.2) is 42.7 Å². The highest BCUT2D eigenvalue weighted by atomic mass is 35.5. The van der Waals surface area contributed by atoms with E-state index in [0.29, 0.717) is 53.0 Å². The molecule has 1 aliphatic heterocycles. The van der Waals surface area contributed by atoms with Gasteiger partial charge < -0.3 is 9.64 Å². The van der Waals surface area contributed by atoms with E-state index < -0.39 is 5.82 Å². The lowest BCUT2D eigenvalue weighted by molar-refractivity contribution is 0.0392. The van der Waals surface area contributed by atoms with Crippen LogP contribution in [0, 0.1) is 12.7 Å². The topological polar surface area (TPSA) is 69.0 Å². The number of nitrogens with zero attached hydrogens (tertiary/aromatic N) is 6. The van der Waals surface area contributed by atoms with Gasteiger partial charge in [0.05, 0.1) is 25.0 Å². The van der Waals surface area contributed by atoms with Crippen LogP contribution in [0.4, 0.5) is 10.3 Å². The van der Waals surface area contributed by atoms with Gasteiger partial charge in [0.1, 0.15) is 11.9 Å². The third-order valence-corrected chi connectivity index (χ3v) is 5.55. The predicted octanol–water partition coefficient (Wildman–Crippen LogP) is 4.10. The van der Waals surface area contributed by atoms with Crippen molar-refractivity contribution in [2.24, 2.45) is 7.05 Å². The summed E-state index contributed by atoms with van der Waals surface area (Å²) in [5.41, 5.74) is 3.20. The lowest BCUT2D eigenvalue weighted by Crippen LogP contribution is -2.39. The van der Waals surface area contributed by atoms with Crippen molar-refractivity contribution in [3.63, 3.8) is 0 Å². The monoisotopic (exact) mass is 438 g/mol. The second-order valence-electron chi connectivity index (χ2n) is 7.57. The molecule has 1 atom stereocenters. The summed E-state index contributed by atoms with van der Waals surface area (Å²) in [4.78, 5) is 16.1. The first-order valence-electron chi connectivity index (χ1n) is 9.94. The molecule has 7 nitrogen and oxygen atoms in total. The highest BCUT2D eigenvalue weighted by Crippen LogP contribution is 2.32. The Hall–Kier alpha value is -3.10. The van der Waals surface area contributed by atoms with Crippen LogP contribution in [0.2, 0.25) is 5.02 Å². The summed E-state index contributed by atoms with van der Waals surface area (Å²) in [5, 5.41) is 5.26. The Bertz CT molecular complexity index is 1280. The number of halogens is 2. The molecular weight excluding hydrogens is 419 g/mol. The lowest BCUT2D eigenvalue weighted by Gasteiger charge is -2.32. The van der Waals surface area contributed by atoms with Crippen LogP contribution in [0.1, 0.15) is 17.4 Å². The van der Waals surface area contributed by atoms with Gasteiger partial charge in [-0.2, -0.15) is 10.1 Å². The molecule has 0 saturated carbocycles. The van der Waals surface area contributed by atoms with E-state index in [1.807, 2.05) is 37.2 Å². The third-order valence-electron chi connectivity index (χ3n) is 5.32. The summed E-state index contributed by atoms with van der Waals surface area (Å²) in [5.74, 6) is 0.0568. The second-order valence-corrected chi connectivity index (χ2v) is 8.01. The SMILES string of the molecule is Cc1ccc2c(-c3ccc(Cl)cc3F)nc(N3CCOC(c4cnn(C)c4)C3)nc2n1. The van der Waals surface area contributed by atoms with Gasteiger partial charge in [-0.25, -0.2) is 14.4 Å². The number of pyridine rings is 1. The molecule has 0 amide bonds. The number of benzene rings is 1. The van der Waals surface area contributed by atoms with E-state index in [4.69, 9.17) is 26.3 Å². The van der Waals surface area contributed by atoms with Crippen LogP contribution < -0.4 is 4.90 Å². The normalized spacial score (nSPS) is 16.8. The van der Waals surface area contributed by atoms with E-state index in [0.717, 1.165) is 11.3 Å². The molecule has 4 aromatic rings. The molecule has 9 heteroatoms. The first-order chi connectivity index (χ1) is 15.0. The van der Waals surface area contributed by atoms with Gasteiger partial charge in [-0.15, -0.1) is 0 Å². The number of ether oxygens (including phenoxy) is 1. The van der Waals surface area contributed by atoms with Crippen molar-refractivity contribution in [1.29, 1.82) is 0 Å². The van der Waals surface area contributed by atoms with Crippen molar-refractivity contribution in [2.45, 2.75) is 13.0 Å². The fourth-order valence-electron chi connectivity index (χ4n) is 3.76. The van der Waals surface area contributed by atoms with Gasteiger partial charge in [-0.05, 0) is 37.3 Å². The summed E-state index contributed by atoms with van der Waals surface area (Å²) in [6.07, 6.45) is 3.59. The zero-order valence-electron chi connectivity index (χ0n) is 17.1. The van der Waals surface area contributed by atoms with Crippen molar-refractivity contribution in [2.75, 3.05) is 24.6 Å². The molecular formula is C22H20ClFN6O. The molecule has 3 aromatic heterocycles. The lowest BCUT2D eigenvalue weighted by atomic mass is 10.1. The van der Waals surface area contributed by atoms with Crippen molar-refractivity contribution in [3.8, 4) is 11.3 Å². The van der Waals surface area contributed by atoms with Crippen molar-refractivity contribution in [3.05, 3.63) is 64.8 Å². The minimum Gasteiger partial charge on any atom is -0.370 e. The quantitative estimate of drug-likeness (QED) is 0.479. The van der Waals surface area contributed by atoms with Crippen LogP contribution in [-0.4, -0.2) is 44.4 Å². The number of aromatic nitrogens is 5. The fraction of sp³-hybridized carbons (Fsp3) is 0.273. The van der Waals surface area contributed by atoms with Crippen molar-refractivity contribution in [1.82, 2.24) is 24.7 Å². The maximum atomic E-state index is 14.8. The maximum Gasteiger partial charge on any atom is 0.228 e. The van der Waals surface area contributed by atoms with Gasteiger partial charge in [-0.3, -0.25) is 4.68 Å². The summed E-state index contributed by atoms with van der Waals surface area (Å²) < 4.78 is 22.5. The van der Waals surface area contributed by atoms with E-state index in [2.05, 4.69) is 10.1 Å². The minimum absolute atomic E-state index is 0.150. The van der Waals surface area contributed by atoms with Gasteiger partial charge in [0.2, 0.25) is 5.95 Å². The van der Waals surface area contributed by atoms with Crippen LogP contribution in [0.5, 0.6) is 0 Å². The van der Waals surface area contributed by atoms with Crippen molar-refractivity contribution < 1.29 is 9.13 Å². The van der Waals surface area contributed by atoms with Crippen LogP contribution in [0.25, 0.3) is 22.3 Å². The average molecular weight is 439 g/mol. The van der Waals surface area contributed by atoms with E-state index >= 15 is 0 Å². The van der Waals surface area contributed by atoms with Gasteiger partial charge in [0, 0.05) is 47.0 Å². The molecule has 0 spiro atoms. The van der Waals surface area contributed by atoms with E-state index in [1.165, 1.54) is 6.07 Å². The molecule has 4 heterocycles. The molecule has 158 valence electrons. The molecule has 0 bridgehead atoms. The van der Waals surface area contributed by atoms with Gasteiger partial charge in [0.25, 0.3) is 0 Å². The molecule has 1 aliphatic rings. The highest BCUT2D eigenvalue weighted by molar-refractivity contribution is 6.30. The first kappa shape index (κ1) is 19.8. The Kier molecular flexibility index (Phi) is 5.03. The summed E-state index contributed by atoms with van der Waals surface area (Å²) in [6, 6.07) is 8.33. The van der Waals surface area contributed by atoms with E-state index in [-0.39, 0.29) is 6.10 Å². The first-order valence-corrected chi connectivity index (χ1v) is 10.3. The molecule has 1 unspecified atom stereocenters. The largest absolute Gasteiger partial charge is 0.370 e. The molecule has 1 aromatic carbocycles. The Labute approximate surface area is 183 Å². The number of morpholine rings is 1.